The van der Waals surface area contributed by atoms with Crippen molar-refractivity contribution < 1.29 is 4.79 Å². The number of thiophene rings is 1. The largest absolute Gasteiger partial charge is 0.351 e. The molecule has 2 atom stereocenters. The fourth-order valence-corrected chi connectivity index (χ4v) is 3.50. The normalized spacial score (nSPS) is 28.1. The zero-order chi connectivity index (χ0) is 13.2. The summed E-state index contributed by atoms with van der Waals surface area (Å²) in [5.41, 5.74) is 5.90. The lowest BCUT2D eigenvalue weighted by atomic mass is 9.74. The summed E-state index contributed by atoms with van der Waals surface area (Å²) in [6.07, 6.45) is 4.12. The molecule has 2 rings (SSSR count). The average Bonchev–Trinajstić information content (AvgIpc) is 2.71. The summed E-state index contributed by atoms with van der Waals surface area (Å²) < 4.78 is 0. The maximum Gasteiger partial charge on any atom is 0.225 e. The number of hydrogen-bond donors (Lipinski definition) is 2. The minimum atomic E-state index is -0.340. The van der Waals surface area contributed by atoms with Crippen LogP contribution in [0.25, 0.3) is 0 Å². The molecule has 0 radical (unpaired) electrons. The molecule has 1 saturated carbocycles. The van der Waals surface area contributed by atoms with E-state index in [0.29, 0.717) is 6.54 Å². The fourth-order valence-electron chi connectivity index (χ4n) is 2.67. The van der Waals surface area contributed by atoms with Gasteiger partial charge in [-0.3, -0.25) is 4.79 Å². The molecule has 1 aromatic heterocycles. The summed E-state index contributed by atoms with van der Waals surface area (Å²) in [4.78, 5) is 14.7. The number of nitrogens with two attached hydrogens (primary N) is 1. The van der Waals surface area contributed by atoms with Gasteiger partial charge >= 0.3 is 0 Å². The highest BCUT2D eigenvalue weighted by molar-refractivity contribution is 7.11. The standard InChI is InChI=1S/C14H22N2OS/c1-10-6-7-11(18-10)9-16-13(17)12-5-3-4-8-14(12,2)15/h6-7,12H,3-5,8-9,15H2,1-2H3,(H,16,17). The highest BCUT2D eigenvalue weighted by atomic mass is 32.1. The summed E-state index contributed by atoms with van der Waals surface area (Å²) >= 11 is 1.73. The van der Waals surface area contributed by atoms with E-state index in [2.05, 4.69) is 24.4 Å². The molecule has 0 saturated heterocycles. The van der Waals surface area contributed by atoms with E-state index in [4.69, 9.17) is 5.73 Å². The topological polar surface area (TPSA) is 55.1 Å². The smallest absolute Gasteiger partial charge is 0.225 e. The van der Waals surface area contributed by atoms with E-state index >= 15 is 0 Å². The molecule has 1 aliphatic carbocycles. The van der Waals surface area contributed by atoms with Crippen molar-refractivity contribution in [3.8, 4) is 0 Å². The summed E-state index contributed by atoms with van der Waals surface area (Å²) in [6.45, 7) is 4.71. The van der Waals surface area contributed by atoms with Gasteiger partial charge in [-0.05, 0) is 38.8 Å². The Kier molecular flexibility index (Phi) is 4.07. The van der Waals surface area contributed by atoms with E-state index in [9.17, 15) is 4.79 Å². The highest BCUT2D eigenvalue weighted by Crippen LogP contribution is 2.31. The van der Waals surface area contributed by atoms with Crippen LogP contribution in [-0.2, 0) is 11.3 Å². The van der Waals surface area contributed by atoms with Crippen molar-refractivity contribution in [1.29, 1.82) is 0 Å². The lowest BCUT2D eigenvalue weighted by Gasteiger charge is -2.37. The highest BCUT2D eigenvalue weighted by Gasteiger charge is 2.37. The van der Waals surface area contributed by atoms with Crippen LogP contribution in [0.4, 0.5) is 0 Å². The van der Waals surface area contributed by atoms with E-state index < -0.39 is 0 Å². The van der Waals surface area contributed by atoms with Crippen molar-refractivity contribution in [2.75, 3.05) is 0 Å². The van der Waals surface area contributed by atoms with Crippen molar-refractivity contribution in [2.45, 2.75) is 51.6 Å². The van der Waals surface area contributed by atoms with Crippen molar-refractivity contribution in [3.63, 3.8) is 0 Å². The average molecular weight is 266 g/mol. The van der Waals surface area contributed by atoms with E-state index in [1.54, 1.807) is 11.3 Å². The van der Waals surface area contributed by atoms with E-state index in [0.717, 1.165) is 25.7 Å². The van der Waals surface area contributed by atoms with Gasteiger partial charge in [0.05, 0.1) is 12.5 Å². The third kappa shape index (κ3) is 3.12. The van der Waals surface area contributed by atoms with Crippen molar-refractivity contribution in [1.82, 2.24) is 5.32 Å². The zero-order valence-electron chi connectivity index (χ0n) is 11.2. The zero-order valence-corrected chi connectivity index (χ0v) is 12.0. The van der Waals surface area contributed by atoms with Crippen molar-refractivity contribution in [3.05, 3.63) is 21.9 Å². The van der Waals surface area contributed by atoms with E-state index in [1.807, 2.05) is 6.92 Å². The van der Waals surface area contributed by atoms with Gasteiger partial charge in [-0.25, -0.2) is 0 Å². The molecule has 1 aromatic rings. The maximum atomic E-state index is 12.2. The molecule has 2 unspecified atom stereocenters. The Hall–Kier alpha value is -0.870. The molecule has 1 fully saturated rings. The van der Waals surface area contributed by atoms with Gasteiger partial charge in [0.2, 0.25) is 5.91 Å². The van der Waals surface area contributed by atoms with Gasteiger partial charge in [0.15, 0.2) is 0 Å². The second kappa shape index (κ2) is 5.41. The number of carbonyl (C=O) groups excluding carboxylic acids is 1. The second-order valence-electron chi connectivity index (χ2n) is 5.53. The van der Waals surface area contributed by atoms with Crippen LogP contribution in [0, 0.1) is 12.8 Å². The molecule has 1 aliphatic rings. The Balaban J connectivity index is 1.91. The molecule has 3 nitrogen and oxygen atoms in total. The molecule has 4 heteroatoms. The Morgan fingerprint density at radius 3 is 2.94 bits per heavy atom. The molecule has 100 valence electrons. The van der Waals surface area contributed by atoms with Gasteiger partial charge in [0.25, 0.3) is 0 Å². The summed E-state index contributed by atoms with van der Waals surface area (Å²) in [5, 5.41) is 3.03. The molecule has 1 heterocycles. The molecule has 1 amide bonds. The molecule has 3 N–H and O–H groups in total. The number of hydrogen-bond acceptors (Lipinski definition) is 3. The number of rotatable bonds is 3. The number of carbonyl (C=O) groups is 1. The number of aryl methyl sites for hydroxylation is 1. The van der Waals surface area contributed by atoms with E-state index in [1.165, 1.54) is 9.75 Å². The third-order valence-corrected chi connectivity index (χ3v) is 4.80. The molecule has 0 bridgehead atoms. The SMILES string of the molecule is Cc1ccc(CNC(=O)C2CCCCC2(C)N)s1. The Labute approximate surface area is 113 Å². The third-order valence-electron chi connectivity index (χ3n) is 3.80. The molecule has 0 spiro atoms. The quantitative estimate of drug-likeness (QED) is 0.883. The first-order valence-corrected chi connectivity index (χ1v) is 7.42. The summed E-state index contributed by atoms with van der Waals surface area (Å²) in [6, 6.07) is 4.16. The molecule has 18 heavy (non-hydrogen) atoms. The van der Waals surface area contributed by atoms with Gasteiger partial charge in [-0.1, -0.05) is 12.8 Å². The van der Waals surface area contributed by atoms with Crippen LogP contribution < -0.4 is 11.1 Å². The number of amides is 1. The Morgan fingerprint density at radius 1 is 1.56 bits per heavy atom. The van der Waals surface area contributed by atoms with Crippen molar-refractivity contribution >= 4 is 17.2 Å². The maximum absolute atomic E-state index is 12.2. The van der Waals surface area contributed by atoms with Gasteiger partial charge in [0.1, 0.15) is 0 Å². The van der Waals surface area contributed by atoms with Crippen LogP contribution in [0.3, 0.4) is 0 Å². The van der Waals surface area contributed by atoms with Gasteiger partial charge in [-0.2, -0.15) is 0 Å². The lowest BCUT2D eigenvalue weighted by Crippen LogP contribution is -2.52. The van der Waals surface area contributed by atoms with Gasteiger partial charge in [0, 0.05) is 15.3 Å². The van der Waals surface area contributed by atoms with E-state index in [-0.39, 0.29) is 17.4 Å². The fraction of sp³-hybridized carbons (Fsp3) is 0.643. The second-order valence-corrected chi connectivity index (χ2v) is 6.91. The van der Waals surface area contributed by atoms with Crippen LogP contribution >= 0.6 is 11.3 Å². The first kappa shape index (κ1) is 13.6. The molecular formula is C14H22N2OS. The minimum Gasteiger partial charge on any atom is -0.351 e. The van der Waals surface area contributed by atoms with Crippen LogP contribution in [0.1, 0.15) is 42.4 Å². The number of nitrogens with one attached hydrogen (secondary N) is 1. The van der Waals surface area contributed by atoms with Crippen LogP contribution in [-0.4, -0.2) is 11.4 Å². The monoisotopic (exact) mass is 266 g/mol. The minimum absolute atomic E-state index is 0.0349. The summed E-state index contributed by atoms with van der Waals surface area (Å²) in [5.74, 6) is 0.0815. The molecular weight excluding hydrogens is 244 g/mol. The first-order valence-electron chi connectivity index (χ1n) is 6.61. The predicted molar refractivity (Wildman–Crippen MR) is 75.5 cm³/mol. The molecule has 0 aromatic carbocycles. The van der Waals surface area contributed by atoms with Crippen LogP contribution in [0.2, 0.25) is 0 Å². The Morgan fingerprint density at radius 2 is 2.33 bits per heavy atom. The molecule has 0 aliphatic heterocycles. The van der Waals surface area contributed by atoms with Crippen molar-refractivity contribution in [2.24, 2.45) is 11.7 Å². The van der Waals surface area contributed by atoms with Crippen LogP contribution in [0.15, 0.2) is 12.1 Å². The predicted octanol–water partition coefficient (Wildman–Crippen LogP) is 2.58. The van der Waals surface area contributed by atoms with Gasteiger partial charge < -0.3 is 11.1 Å². The lowest BCUT2D eigenvalue weighted by molar-refractivity contribution is -0.128. The van der Waals surface area contributed by atoms with Gasteiger partial charge in [-0.15, -0.1) is 11.3 Å². The van der Waals surface area contributed by atoms with Crippen LogP contribution in [0.5, 0.6) is 0 Å². The first-order chi connectivity index (χ1) is 8.49. The Bertz CT molecular complexity index is 425. The summed E-state index contributed by atoms with van der Waals surface area (Å²) in [7, 11) is 0.